The molecule has 4 rings (SSSR count). The van der Waals surface area contributed by atoms with Crippen molar-refractivity contribution in [3.63, 3.8) is 0 Å². The van der Waals surface area contributed by atoms with Crippen LogP contribution in [0, 0.1) is 0 Å². The van der Waals surface area contributed by atoms with Gasteiger partial charge in [-0.15, -0.1) is 22.7 Å². The summed E-state index contributed by atoms with van der Waals surface area (Å²) >= 11 is 2.72. The summed E-state index contributed by atoms with van der Waals surface area (Å²) in [5.74, 6) is -1.31. The maximum Gasteiger partial charge on any atom is 0.342 e. The summed E-state index contributed by atoms with van der Waals surface area (Å²) in [6, 6.07) is 9.66. The van der Waals surface area contributed by atoms with Crippen molar-refractivity contribution in [2.24, 2.45) is 0 Å². The average Bonchev–Trinajstić information content (AvgIpc) is 3.38. The Morgan fingerprint density at radius 1 is 1.09 bits per heavy atom. The first kappa shape index (κ1) is 22.2. The summed E-state index contributed by atoms with van der Waals surface area (Å²) in [5, 5.41) is 8.25. The number of fused-ring (bicyclic) bond motifs is 1. The van der Waals surface area contributed by atoms with Crippen molar-refractivity contribution in [1.82, 2.24) is 4.98 Å². The molecule has 9 heteroatoms. The van der Waals surface area contributed by atoms with Gasteiger partial charge in [0.05, 0.1) is 11.3 Å². The Hall–Kier alpha value is -3.04. The van der Waals surface area contributed by atoms with Crippen LogP contribution in [0.25, 0.3) is 11.3 Å². The quantitative estimate of drug-likeness (QED) is 0.501. The van der Waals surface area contributed by atoms with E-state index in [9.17, 15) is 14.4 Å². The molecule has 32 heavy (non-hydrogen) atoms. The Morgan fingerprint density at radius 2 is 1.84 bits per heavy atom. The molecule has 2 amide bonds. The van der Waals surface area contributed by atoms with Crippen molar-refractivity contribution in [2.75, 3.05) is 10.6 Å². The van der Waals surface area contributed by atoms with Crippen LogP contribution >= 0.6 is 22.7 Å². The van der Waals surface area contributed by atoms with Crippen LogP contribution in [-0.4, -0.2) is 28.9 Å². The topological polar surface area (TPSA) is 97.4 Å². The monoisotopic (exact) mass is 469 g/mol. The standard InChI is InChI=1S/C23H23N3O4S2/c1-13(20(28)26-23-25-17(12-31-23)15-8-4-3-5-9-15)30-22(29)19-16-10-6-7-11-18(16)32-21(19)24-14(2)27/h3-5,8-9,12-13H,6-7,10-11H2,1-2H3,(H,24,27)(H,25,26,28). The normalized spacial score (nSPS) is 13.7. The third kappa shape index (κ3) is 4.89. The first-order valence-electron chi connectivity index (χ1n) is 10.4. The zero-order valence-corrected chi connectivity index (χ0v) is 19.4. The number of hydrogen-bond acceptors (Lipinski definition) is 7. The van der Waals surface area contributed by atoms with Crippen molar-refractivity contribution >= 4 is 50.6 Å². The SMILES string of the molecule is CC(=O)Nc1sc2c(c1C(=O)OC(C)C(=O)Nc1nc(-c3ccccc3)cs1)CCCC2. The molecule has 7 nitrogen and oxygen atoms in total. The van der Waals surface area contributed by atoms with Crippen LogP contribution in [0.3, 0.4) is 0 Å². The summed E-state index contributed by atoms with van der Waals surface area (Å²) in [6.45, 7) is 2.93. The molecule has 0 fully saturated rings. The van der Waals surface area contributed by atoms with Gasteiger partial charge in [-0.1, -0.05) is 30.3 Å². The summed E-state index contributed by atoms with van der Waals surface area (Å²) in [4.78, 5) is 42.7. The lowest BCUT2D eigenvalue weighted by Gasteiger charge is -2.15. The molecule has 0 radical (unpaired) electrons. The largest absolute Gasteiger partial charge is 0.449 e. The fourth-order valence-electron chi connectivity index (χ4n) is 3.58. The average molecular weight is 470 g/mol. The highest BCUT2D eigenvalue weighted by molar-refractivity contribution is 7.17. The molecule has 0 aliphatic heterocycles. The van der Waals surface area contributed by atoms with Crippen LogP contribution in [0.15, 0.2) is 35.7 Å². The van der Waals surface area contributed by atoms with Gasteiger partial charge in [-0.05, 0) is 38.2 Å². The predicted molar refractivity (Wildman–Crippen MR) is 126 cm³/mol. The highest BCUT2D eigenvalue weighted by Gasteiger charge is 2.29. The van der Waals surface area contributed by atoms with Crippen molar-refractivity contribution < 1.29 is 19.1 Å². The lowest BCUT2D eigenvalue weighted by molar-refractivity contribution is -0.123. The van der Waals surface area contributed by atoms with E-state index in [2.05, 4.69) is 15.6 Å². The van der Waals surface area contributed by atoms with Crippen LogP contribution in [0.4, 0.5) is 10.1 Å². The van der Waals surface area contributed by atoms with Crippen LogP contribution in [0.5, 0.6) is 0 Å². The molecule has 0 saturated heterocycles. The van der Waals surface area contributed by atoms with Gasteiger partial charge < -0.3 is 10.1 Å². The molecule has 1 unspecified atom stereocenters. The van der Waals surface area contributed by atoms with Crippen molar-refractivity contribution in [2.45, 2.75) is 45.6 Å². The van der Waals surface area contributed by atoms with E-state index in [1.165, 1.54) is 36.5 Å². The van der Waals surface area contributed by atoms with Gasteiger partial charge in [0.25, 0.3) is 5.91 Å². The van der Waals surface area contributed by atoms with Gasteiger partial charge in [0.2, 0.25) is 5.91 Å². The number of amides is 2. The first-order chi connectivity index (χ1) is 15.4. The lowest BCUT2D eigenvalue weighted by Crippen LogP contribution is -2.30. The number of nitrogens with one attached hydrogen (secondary N) is 2. The molecule has 1 atom stereocenters. The Morgan fingerprint density at radius 3 is 2.59 bits per heavy atom. The first-order valence-corrected chi connectivity index (χ1v) is 12.1. The molecule has 3 aromatic rings. The summed E-state index contributed by atoms with van der Waals surface area (Å²) in [5.41, 5.74) is 3.02. The number of carbonyl (C=O) groups excluding carboxylic acids is 3. The van der Waals surface area contributed by atoms with Crippen LogP contribution in [-0.2, 0) is 27.2 Å². The van der Waals surface area contributed by atoms with Crippen LogP contribution in [0.1, 0.15) is 47.5 Å². The van der Waals surface area contributed by atoms with E-state index >= 15 is 0 Å². The smallest absolute Gasteiger partial charge is 0.342 e. The van der Waals surface area contributed by atoms with Gasteiger partial charge in [-0.25, -0.2) is 9.78 Å². The Balaban J connectivity index is 1.45. The number of hydrogen-bond donors (Lipinski definition) is 2. The van der Waals surface area contributed by atoms with Gasteiger partial charge in [0.15, 0.2) is 11.2 Å². The van der Waals surface area contributed by atoms with E-state index in [-0.39, 0.29) is 5.91 Å². The van der Waals surface area contributed by atoms with Crippen LogP contribution in [0.2, 0.25) is 0 Å². The van der Waals surface area contributed by atoms with Gasteiger partial charge in [-0.3, -0.25) is 14.9 Å². The summed E-state index contributed by atoms with van der Waals surface area (Å²) < 4.78 is 5.49. The number of ether oxygens (including phenoxy) is 1. The molecule has 1 aromatic carbocycles. The number of nitrogens with zero attached hydrogens (tertiary/aromatic N) is 1. The maximum atomic E-state index is 13.0. The zero-order valence-electron chi connectivity index (χ0n) is 17.8. The van der Waals surface area contributed by atoms with E-state index in [1.54, 1.807) is 0 Å². The molecule has 1 aliphatic carbocycles. The molecule has 1 aliphatic rings. The zero-order chi connectivity index (χ0) is 22.7. The molecule has 0 saturated carbocycles. The number of thiazole rings is 1. The number of anilines is 2. The van der Waals surface area contributed by atoms with E-state index < -0.39 is 18.0 Å². The van der Waals surface area contributed by atoms with Crippen molar-refractivity contribution in [3.8, 4) is 11.3 Å². The number of esters is 1. The van der Waals surface area contributed by atoms with E-state index in [0.29, 0.717) is 15.7 Å². The van der Waals surface area contributed by atoms with Gasteiger partial charge in [-0.2, -0.15) is 0 Å². The molecule has 166 valence electrons. The van der Waals surface area contributed by atoms with Crippen molar-refractivity contribution in [3.05, 3.63) is 51.7 Å². The highest BCUT2D eigenvalue weighted by atomic mass is 32.1. The third-order valence-electron chi connectivity index (χ3n) is 5.12. The maximum absolute atomic E-state index is 13.0. The number of benzene rings is 1. The fourth-order valence-corrected chi connectivity index (χ4v) is 5.63. The minimum Gasteiger partial charge on any atom is -0.449 e. The minimum absolute atomic E-state index is 0.249. The Labute approximate surface area is 193 Å². The predicted octanol–water partition coefficient (Wildman–Crippen LogP) is 4.89. The molecule has 2 N–H and O–H groups in total. The minimum atomic E-state index is -1.02. The third-order valence-corrected chi connectivity index (χ3v) is 7.09. The Bertz CT molecular complexity index is 1150. The molecule has 0 bridgehead atoms. The second-order valence-electron chi connectivity index (χ2n) is 7.54. The number of thiophene rings is 1. The second-order valence-corrected chi connectivity index (χ2v) is 9.50. The van der Waals surface area contributed by atoms with Gasteiger partial charge in [0.1, 0.15) is 5.00 Å². The molecule has 2 aromatic heterocycles. The number of carbonyl (C=O) groups is 3. The fraction of sp³-hybridized carbons (Fsp3) is 0.304. The second kappa shape index (κ2) is 9.62. The van der Waals surface area contributed by atoms with E-state index in [0.717, 1.165) is 47.4 Å². The van der Waals surface area contributed by atoms with E-state index in [4.69, 9.17) is 4.74 Å². The summed E-state index contributed by atoms with van der Waals surface area (Å²) in [7, 11) is 0. The van der Waals surface area contributed by atoms with Crippen molar-refractivity contribution in [1.29, 1.82) is 0 Å². The number of aryl methyl sites for hydroxylation is 1. The Kier molecular flexibility index (Phi) is 6.66. The molecular weight excluding hydrogens is 446 g/mol. The molecular formula is C23H23N3O4S2. The summed E-state index contributed by atoms with van der Waals surface area (Å²) in [6.07, 6.45) is 2.66. The number of aromatic nitrogens is 1. The molecule has 0 spiro atoms. The van der Waals surface area contributed by atoms with E-state index in [1.807, 2.05) is 35.7 Å². The van der Waals surface area contributed by atoms with Crippen LogP contribution < -0.4 is 10.6 Å². The highest BCUT2D eigenvalue weighted by Crippen LogP contribution is 2.38. The lowest BCUT2D eigenvalue weighted by atomic mass is 9.95. The number of rotatable bonds is 6. The van der Waals surface area contributed by atoms with Gasteiger partial charge in [0, 0.05) is 22.7 Å². The van der Waals surface area contributed by atoms with Gasteiger partial charge >= 0.3 is 5.97 Å². The molecule has 2 heterocycles.